The molecule has 3 heterocycles. The number of carbonyl (C=O) groups excluding carboxylic acids is 1. The van der Waals surface area contributed by atoms with Crippen molar-refractivity contribution >= 4 is 16.9 Å². The Bertz CT molecular complexity index is 1280. The van der Waals surface area contributed by atoms with E-state index in [9.17, 15) is 9.18 Å². The number of aromatic amines is 1. The second kappa shape index (κ2) is 9.02. The summed E-state index contributed by atoms with van der Waals surface area (Å²) in [6.45, 7) is 1.28. The lowest BCUT2D eigenvalue weighted by Crippen LogP contribution is -2.38. The van der Waals surface area contributed by atoms with E-state index in [1.54, 1.807) is 13.2 Å². The number of methoxy groups -OCH3 is 1. The number of amides is 1. The van der Waals surface area contributed by atoms with E-state index < -0.39 is 0 Å². The van der Waals surface area contributed by atoms with Crippen LogP contribution in [-0.4, -0.2) is 46.0 Å². The highest BCUT2D eigenvalue weighted by atomic mass is 19.1. The molecule has 1 aliphatic heterocycles. The number of hydrogen-bond acceptors (Lipinski definition) is 4. The summed E-state index contributed by atoms with van der Waals surface area (Å²) in [5.41, 5.74) is 4.53. The summed E-state index contributed by atoms with van der Waals surface area (Å²) in [5, 5.41) is 0. The Hall–Kier alpha value is -3.74. The number of aromatic nitrogens is 3. The third-order valence-electron chi connectivity index (χ3n) is 6.24. The molecule has 1 aliphatic rings. The maximum absolute atomic E-state index is 13.4. The first kappa shape index (κ1) is 21.1. The monoisotopic (exact) mass is 444 g/mol. The van der Waals surface area contributed by atoms with Gasteiger partial charge in [0.2, 0.25) is 0 Å². The lowest BCUT2D eigenvalue weighted by atomic mass is 9.92. The van der Waals surface area contributed by atoms with Gasteiger partial charge in [-0.05, 0) is 66.8 Å². The number of nitrogens with one attached hydrogen (secondary N) is 1. The second-order valence-electron chi connectivity index (χ2n) is 8.43. The van der Waals surface area contributed by atoms with Crippen molar-refractivity contribution < 1.29 is 13.9 Å². The minimum atomic E-state index is -0.354. The molecule has 33 heavy (non-hydrogen) atoms. The highest BCUT2D eigenvalue weighted by Crippen LogP contribution is 2.28. The minimum Gasteiger partial charge on any atom is -0.497 e. The van der Waals surface area contributed by atoms with Gasteiger partial charge in [-0.25, -0.2) is 9.37 Å². The molecule has 4 aromatic rings. The largest absolute Gasteiger partial charge is 0.497 e. The molecule has 1 saturated heterocycles. The van der Waals surface area contributed by atoms with Crippen molar-refractivity contribution in [1.29, 1.82) is 0 Å². The van der Waals surface area contributed by atoms with Gasteiger partial charge in [0, 0.05) is 30.9 Å². The van der Waals surface area contributed by atoms with Gasteiger partial charge in [0.1, 0.15) is 11.6 Å². The zero-order chi connectivity index (χ0) is 22.8. The molecule has 0 spiro atoms. The first-order chi connectivity index (χ1) is 16.1. The van der Waals surface area contributed by atoms with E-state index >= 15 is 0 Å². The quantitative estimate of drug-likeness (QED) is 0.484. The number of fused-ring (bicyclic) bond motifs is 1. The van der Waals surface area contributed by atoms with Crippen LogP contribution >= 0.6 is 0 Å². The van der Waals surface area contributed by atoms with Gasteiger partial charge >= 0.3 is 0 Å². The van der Waals surface area contributed by atoms with Crippen LogP contribution in [-0.2, 0) is 6.42 Å². The van der Waals surface area contributed by atoms with Crippen LogP contribution in [0.3, 0.4) is 0 Å². The van der Waals surface area contributed by atoms with E-state index in [1.165, 1.54) is 17.7 Å². The number of likely N-dealkylation sites (tertiary alicyclic amines) is 1. The third-order valence-corrected chi connectivity index (χ3v) is 6.24. The number of rotatable bonds is 5. The van der Waals surface area contributed by atoms with Gasteiger partial charge in [-0.1, -0.05) is 18.2 Å². The predicted molar refractivity (Wildman–Crippen MR) is 124 cm³/mol. The van der Waals surface area contributed by atoms with Crippen LogP contribution in [0.4, 0.5) is 4.39 Å². The first-order valence-corrected chi connectivity index (χ1v) is 11.1. The molecule has 0 unspecified atom stereocenters. The second-order valence-corrected chi connectivity index (χ2v) is 8.43. The molecule has 0 aliphatic carbocycles. The summed E-state index contributed by atoms with van der Waals surface area (Å²) >= 11 is 0. The fourth-order valence-corrected chi connectivity index (χ4v) is 4.41. The summed E-state index contributed by atoms with van der Waals surface area (Å²) in [6, 6.07) is 16.6. The molecular weight excluding hydrogens is 419 g/mol. The number of nitrogens with zero attached hydrogens (tertiary/aromatic N) is 3. The molecule has 0 radical (unpaired) electrons. The minimum absolute atomic E-state index is 0.147. The smallest absolute Gasteiger partial charge is 0.289 e. The third kappa shape index (κ3) is 4.58. The average molecular weight is 445 g/mol. The zero-order valence-electron chi connectivity index (χ0n) is 18.4. The molecule has 2 aromatic heterocycles. The number of benzene rings is 2. The SMILES string of the molecule is COc1cccc(Cc2ccc(C3CCN(C(=O)c4nc5ccc(F)cc5[nH]4)CC3)nc2)c1. The number of piperidine rings is 1. The number of ether oxygens (including phenoxy) is 1. The van der Waals surface area contributed by atoms with Crippen LogP contribution in [0.2, 0.25) is 0 Å². The topological polar surface area (TPSA) is 71.1 Å². The molecule has 7 heteroatoms. The normalized spacial score (nSPS) is 14.5. The number of carbonyl (C=O) groups is 1. The fourth-order valence-electron chi connectivity index (χ4n) is 4.41. The molecule has 0 saturated carbocycles. The Morgan fingerprint density at radius 2 is 1.97 bits per heavy atom. The van der Waals surface area contributed by atoms with Crippen molar-refractivity contribution in [3.8, 4) is 5.75 Å². The summed E-state index contributed by atoms with van der Waals surface area (Å²) in [6.07, 6.45) is 4.45. The lowest BCUT2D eigenvalue weighted by Gasteiger charge is -2.31. The first-order valence-electron chi connectivity index (χ1n) is 11.1. The summed E-state index contributed by atoms with van der Waals surface area (Å²) in [5.74, 6) is 0.937. The number of H-pyrrole nitrogens is 1. The maximum Gasteiger partial charge on any atom is 0.289 e. The molecule has 6 nitrogen and oxygen atoms in total. The van der Waals surface area contributed by atoms with Crippen molar-refractivity contribution in [2.24, 2.45) is 0 Å². The van der Waals surface area contributed by atoms with Gasteiger partial charge in [0.15, 0.2) is 5.82 Å². The van der Waals surface area contributed by atoms with Crippen molar-refractivity contribution in [3.63, 3.8) is 0 Å². The van der Waals surface area contributed by atoms with Gasteiger partial charge in [0.05, 0.1) is 18.1 Å². The predicted octanol–water partition coefficient (Wildman–Crippen LogP) is 4.72. The summed E-state index contributed by atoms with van der Waals surface area (Å²) in [4.78, 5) is 26.7. The molecule has 168 valence electrons. The van der Waals surface area contributed by atoms with E-state index in [-0.39, 0.29) is 17.5 Å². The lowest BCUT2D eigenvalue weighted by molar-refractivity contribution is 0.0701. The van der Waals surface area contributed by atoms with Gasteiger partial charge in [-0.3, -0.25) is 9.78 Å². The molecular formula is C26H25FN4O2. The Kier molecular flexibility index (Phi) is 5.77. The van der Waals surface area contributed by atoms with Crippen molar-refractivity contribution in [3.05, 3.63) is 89.3 Å². The van der Waals surface area contributed by atoms with E-state index in [0.29, 0.717) is 30.0 Å². The number of hydrogen-bond donors (Lipinski definition) is 1. The summed E-state index contributed by atoms with van der Waals surface area (Å²) < 4.78 is 18.7. The molecule has 5 rings (SSSR count). The highest BCUT2D eigenvalue weighted by Gasteiger charge is 2.27. The molecule has 0 atom stereocenters. The van der Waals surface area contributed by atoms with E-state index in [0.717, 1.165) is 36.3 Å². The van der Waals surface area contributed by atoms with Crippen molar-refractivity contribution in [1.82, 2.24) is 19.9 Å². The van der Waals surface area contributed by atoms with Crippen LogP contribution in [0.1, 0.15) is 46.2 Å². The fraction of sp³-hybridized carbons (Fsp3) is 0.269. The average Bonchev–Trinajstić information content (AvgIpc) is 3.27. The number of pyridine rings is 1. The van der Waals surface area contributed by atoms with Crippen LogP contribution in [0.15, 0.2) is 60.8 Å². The Labute approximate surface area is 191 Å². The Balaban J connectivity index is 1.20. The van der Waals surface area contributed by atoms with E-state index in [1.807, 2.05) is 29.3 Å². The molecule has 0 bridgehead atoms. The number of imidazole rings is 1. The van der Waals surface area contributed by atoms with Crippen LogP contribution < -0.4 is 4.74 Å². The zero-order valence-corrected chi connectivity index (χ0v) is 18.4. The van der Waals surface area contributed by atoms with Crippen LogP contribution in [0.25, 0.3) is 11.0 Å². The van der Waals surface area contributed by atoms with Crippen LogP contribution in [0.5, 0.6) is 5.75 Å². The van der Waals surface area contributed by atoms with Gasteiger partial charge < -0.3 is 14.6 Å². The molecule has 1 fully saturated rings. The van der Waals surface area contributed by atoms with E-state index in [4.69, 9.17) is 9.72 Å². The number of halogens is 1. The molecule has 2 aromatic carbocycles. The van der Waals surface area contributed by atoms with E-state index in [2.05, 4.69) is 28.2 Å². The standard InChI is InChI=1S/C26H25FN4O2/c1-33-21-4-2-3-17(14-21)13-18-5-7-22(28-16-18)19-9-11-31(12-10-19)26(32)25-29-23-8-6-20(27)15-24(23)30-25/h2-8,14-16,19H,9-13H2,1H3,(H,29,30). The highest BCUT2D eigenvalue weighted by molar-refractivity contribution is 5.94. The van der Waals surface area contributed by atoms with Gasteiger partial charge in [0.25, 0.3) is 5.91 Å². The van der Waals surface area contributed by atoms with Crippen molar-refractivity contribution in [2.75, 3.05) is 20.2 Å². The van der Waals surface area contributed by atoms with Crippen LogP contribution in [0, 0.1) is 5.82 Å². The van der Waals surface area contributed by atoms with Gasteiger partial charge in [-0.15, -0.1) is 0 Å². The molecule has 1 N–H and O–H groups in total. The molecule has 1 amide bonds. The van der Waals surface area contributed by atoms with Gasteiger partial charge in [-0.2, -0.15) is 0 Å². The summed E-state index contributed by atoms with van der Waals surface area (Å²) in [7, 11) is 1.67. The Morgan fingerprint density at radius 3 is 2.73 bits per heavy atom. The Morgan fingerprint density at radius 1 is 1.12 bits per heavy atom. The maximum atomic E-state index is 13.4. The van der Waals surface area contributed by atoms with Crippen molar-refractivity contribution in [2.45, 2.75) is 25.2 Å².